The molecule has 0 heterocycles. The Hall–Kier alpha value is -1.39. The first-order valence-corrected chi connectivity index (χ1v) is 7.97. The van der Waals surface area contributed by atoms with Crippen molar-refractivity contribution in [1.29, 1.82) is 0 Å². The van der Waals surface area contributed by atoms with Crippen LogP contribution in [0.2, 0.25) is 0 Å². The van der Waals surface area contributed by atoms with Gasteiger partial charge in [-0.2, -0.15) is 0 Å². The monoisotopic (exact) mass is 291 g/mol. The van der Waals surface area contributed by atoms with Crippen molar-refractivity contribution in [3.63, 3.8) is 0 Å². The molecular weight excluding hydrogens is 262 g/mol. The summed E-state index contributed by atoms with van der Waals surface area (Å²) in [5.74, 6) is 0.112. The maximum atomic E-state index is 11.8. The maximum absolute atomic E-state index is 11.8. The molecule has 0 bridgehead atoms. The van der Waals surface area contributed by atoms with Gasteiger partial charge in [0.2, 0.25) is 5.91 Å². The number of amides is 1. The number of rotatable bonds is 10. The third-order valence-corrected chi connectivity index (χ3v) is 3.74. The number of nitrogens with two attached hydrogens (primary N) is 1. The summed E-state index contributed by atoms with van der Waals surface area (Å²) >= 11 is 0. The zero-order chi connectivity index (χ0) is 15.5. The predicted octanol–water partition coefficient (Wildman–Crippen LogP) is 2.27. The molecule has 0 atom stereocenters. The van der Waals surface area contributed by atoms with Gasteiger partial charge in [-0.25, -0.2) is 0 Å². The molecule has 1 aromatic carbocycles. The molecular formula is C17H29N3O. The standard InChI is InChI=1S/C17H29N3O/c1-3-20(4-2)14-16-10-6-5-9-15(16)13-19-17(21)11-7-8-12-18/h5-6,9-10H,3-4,7-8,11-14,18H2,1-2H3,(H,19,21). The second-order valence-electron chi connectivity index (χ2n) is 5.25. The summed E-state index contributed by atoms with van der Waals surface area (Å²) in [6.45, 7) is 8.62. The van der Waals surface area contributed by atoms with Crippen molar-refractivity contribution < 1.29 is 4.79 Å². The van der Waals surface area contributed by atoms with Crippen LogP contribution in [0.4, 0.5) is 0 Å². The summed E-state index contributed by atoms with van der Waals surface area (Å²) < 4.78 is 0. The summed E-state index contributed by atoms with van der Waals surface area (Å²) in [5, 5.41) is 3.01. The van der Waals surface area contributed by atoms with Crippen LogP contribution >= 0.6 is 0 Å². The van der Waals surface area contributed by atoms with E-state index in [0.717, 1.165) is 32.5 Å². The maximum Gasteiger partial charge on any atom is 0.220 e. The molecule has 118 valence electrons. The third-order valence-electron chi connectivity index (χ3n) is 3.74. The van der Waals surface area contributed by atoms with E-state index < -0.39 is 0 Å². The van der Waals surface area contributed by atoms with Gasteiger partial charge in [0.15, 0.2) is 0 Å². The first kappa shape index (κ1) is 17.7. The normalized spacial score (nSPS) is 10.9. The first-order valence-electron chi connectivity index (χ1n) is 7.97. The molecule has 0 radical (unpaired) electrons. The molecule has 0 spiro atoms. The average Bonchev–Trinajstić information content (AvgIpc) is 2.51. The lowest BCUT2D eigenvalue weighted by molar-refractivity contribution is -0.121. The van der Waals surface area contributed by atoms with Crippen LogP contribution in [-0.4, -0.2) is 30.4 Å². The van der Waals surface area contributed by atoms with Crippen molar-refractivity contribution in [2.75, 3.05) is 19.6 Å². The van der Waals surface area contributed by atoms with E-state index in [1.807, 2.05) is 6.07 Å². The van der Waals surface area contributed by atoms with Gasteiger partial charge < -0.3 is 11.1 Å². The van der Waals surface area contributed by atoms with E-state index in [4.69, 9.17) is 5.73 Å². The van der Waals surface area contributed by atoms with Crippen molar-refractivity contribution >= 4 is 5.91 Å². The molecule has 1 amide bonds. The molecule has 0 aliphatic rings. The molecule has 0 aliphatic carbocycles. The summed E-state index contributed by atoms with van der Waals surface area (Å²) in [6, 6.07) is 8.33. The zero-order valence-electron chi connectivity index (χ0n) is 13.4. The van der Waals surface area contributed by atoms with Gasteiger partial charge in [0.25, 0.3) is 0 Å². The molecule has 21 heavy (non-hydrogen) atoms. The van der Waals surface area contributed by atoms with Crippen molar-refractivity contribution in [2.24, 2.45) is 5.73 Å². The molecule has 0 aliphatic heterocycles. The van der Waals surface area contributed by atoms with Crippen molar-refractivity contribution in [3.05, 3.63) is 35.4 Å². The Morgan fingerprint density at radius 3 is 2.43 bits per heavy atom. The quantitative estimate of drug-likeness (QED) is 0.650. The second-order valence-corrected chi connectivity index (χ2v) is 5.25. The smallest absolute Gasteiger partial charge is 0.220 e. The lowest BCUT2D eigenvalue weighted by Gasteiger charge is -2.20. The highest BCUT2D eigenvalue weighted by molar-refractivity contribution is 5.75. The molecule has 1 aromatic rings. The fraction of sp³-hybridized carbons (Fsp3) is 0.588. The highest BCUT2D eigenvalue weighted by Crippen LogP contribution is 2.11. The fourth-order valence-electron chi connectivity index (χ4n) is 2.28. The van der Waals surface area contributed by atoms with Gasteiger partial charge >= 0.3 is 0 Å². The van der Waals surface area contributed by atoms with Crippen LogP contribution in [0.25, 0.3) is 0 Å². The van der Waals surface area contributed by atoms with Crippen LogP contribution in [0.5, 0.6) is 0 Å². The predicted molar refractivity (Wildman–Crippen MR) is 87.8 cm³/mol. The highest BCUT2D eigenvalue weighted by Gasteiger charge is 2.07. The van der Waals surface area contributed by atoms with Crippen molar-refractivity contribution in [1.82, 2.24) is 10.2 Å². The lowest BCUT2D eigenvalue weighted by Crippen LogP contribution is -2.26. The number of hydrogen-bond donors (Lipinski definition) is 2. The minimum atomic E-state index is 0.112. The molecule has 0 saturated heterocycles. The summed E-state index contributed by atoms with van der Waals surface area (Å²) in [5.41, 5.74) is 7.94. The molecule has 0 aromatic heterocycles. The SMILES string of the molecule is CCN(CC)Cc1ccccc1CNC(=O)CCCCN. The fourth-order valence-corrected chi connectivity index (χ4v) is 2.28. The molecule has 1 rings (SSSR count). The largest absolute Gasteiger partial charge is 0.352 e. The summed E-state index contributed by atoms with van der Waals surface area (Å²) in [7, 11) is 0. The van der Waals surface area contributed by atoms with Crippen LogP contribution in [0.15, 0.2) is 24.3 Å². The minimum Gasteiger partial charge on any atom is -0.352 e. The third kappa shape index (κ3) is 6.74. The Kier molecular flexibility index (Phi) is 8.71. The van der Waals surface area contributed by atoms with Gasteiger partial charge in [-0.1, -0.05) is 38.1 Å². The Labute approximate surface area is 128 Å². The first-order chi connectivity index (χ1) is 10.2. The van der Waals surface area contributed by atoms with Crippen LogP contribution in [0, 0.1) is 0 Å². The minimum absolute atomic E-state index is 0.112. The molecule has 0 saturated carbocycles. The highest BCUT2D eigenvalue weighted by atomic mass is 16.1. The Morgan fingerprint density at radius 1 is 1.14 bits per heavy atom. The van der Waals surface area contributed by atoms with Gasteiger partial charge in [-0.15, -0.1) is 0 Å². The van der Waals surface area contributed by atoms with E-state index in [-0.39, 0.29) is 5.91 Å². The topological polar surface area (TPSA) is 58.4 Å². The second kappa shape index (κ2) is 10.4. The van der Waals surface area contributed by atoms with E-state index in [0.29, 0.717) is 19.5 Å². The van der Waals surface area contributed by atoms with Crippen LogP contribution in [0.3, 0.4) is 0 Å². The zero-order valence-corrected chi connectivity index (χ0v) is 13.4. The van der Waals surface area contributed by atoms with Crippen molar-refractivity contribution in [2.45, 2.75) is 46.2 Å². The van der Waals surface area contributed by atoms with E-state index in [1.165, 1.54) is 11.1 Å². The number of unbranched alkanes of at least 4 members (excludes halogenated alkanes) is 1. The van der Waals surface area contributed by atoms with Crippen LogP contribution < -0.4 is 11.1 Å². The number of carbonyl (C=O) groups is 1. The van der Waals surface area contributed by atoms with E-state index >= 15 is 0 Å². The number of nitrogens with zero attached hydrogens (tertiary/aromatic N) is 1. The lowest BCUT2D eigenvalue weighted by atomic mass is 10.1. The number of carbonyl (C=O) groups excluding carboxylic acids is 1. The van der Waals surface area contributed by atoms with Gasteiger partial charge in [-0.3, -0.25) is 9.69 Å². The Balaban J connectivity index is 2.52. The molecule has 3 N–H and O–H groups in total. The number of hydrogen-bond acceptors (Lipinski definition) is 3. The van der Waals surface area contributed by atoms with Gasteiger partial charge in [-0.05, 0) is 43.6 Å². The molecule has 4 nitrogen and oxygen atoms in total. The van der Waals surface area contributed by atoms with Crippen LogP contribution in [-0.2, 0) is 17.9 Å². The van der Waals surface area contributed by atoms with Crippen molar-refractivity contribution in [3.8, 4) is 0 Å². The van der Waals surface area contributed by atoms with Gasteiger partial charge in [0.1, 0.15) is 0 Å². The van der Waals surface area contributed by atoms with E-state index in [2.05, 4.69) is 42.3 Å². The average molecular weight is 291 g/mol. The number of nitrogens with one attached hydrogen (secondary N) is 1. The summed E-state index contributed by atoms with van der Waals surface area (Å²) in [6.07, 6.45) is 2.34. The molecule has 4 heteroatoms. The summed E-state index contributed by atoms with van der Waals surface area (Å²) in [4.78, 5) is 14.2. The molecule has 0 unspecified atom stereocenters. The molecule has 0 fully saturated rings. The van der Waals surface area contributed by atoms with Crippen LogP contribution in [0.1, 0.15) is 44.2 Å². The van der Waals surface area contributed by atoms with E-state index in [1.54, 1.807) is 0 Å². The number of benzene rings is 1. The Morgan fingerprint density at radius 2 is 1.81 bits per heavy atom. The van der Waals surface area contributed by atoms with E-state index in [9.17, 15) is 4.79 Å². The van der Waals surface area contributed by atoms with Gasteiger partial charge in [0.05, 0.1) is 0 Å². The Bertz CT molecular complexity index is 416. The van der Waals surface area contributed by atoms with Gasteiger partial charge in [0, 0.05) is 19.5 Å².